The van der Waals surface area contributed by atoms with E-state index in [0.29, 0.717) is 11.8 Å². The first-order valence-corrected chi connectivity index (χ1v) is 9.09. The first-order chi connectivity index (χ1) is 12.9. The number of nitrogens with one attached hydrogen (secondary N) is 1. The van der Waals surface area contributed by atoms with Crippen LogP contribution in [-0.4, -0.2) is 33.8 Å². The molecule has 2 heterocycles. The normalized spacial score (nSPS) is 11.3. The van der Waals surface area contributed by atoms with Gasteiger partial charge in [-0.1, -0.05) is 32.9 Å². The van der Waals surface area contributed by atoms with E-state index in [2.05, 4.69) is 70.5 Å². The fraction of sp³-hybridized carbons (Fsp3) is 0.333. The average molecular weight is 362 g/mol. The largest absolute Gasteiger partial charge is 0.342 e. The summed E-state index contributed by atoms with van der Waals surface area (Å²) in [7, 11) is 1.97. The van der Waals surface area contributed by atoms with Crippen molar-refractivity contribution in [1.82, 2.24) is 20.2 Å². The molecule has 3 aromatic rings. The number of likely N-dealkylation sites (N-methyl/N-ethyl adjacent to an activating group) is 1. The molecule has 6 nitrogen and oxygen atoms in total. The first-order valence-electron chi connectivity index (χ1n) is 9.09. The van der Waals surface area contributed by atoms with Crippen LogP contribution in [0.2, 0.25) is 0 Å². The fourth-order valence-electron chi connectivity index (χ4n) is 2.66. The molecule has 0 aliphatic rings. The zero-order valence-corrected chi connectivity index (χ0v) is 16.3. The lowest BCUT2D eigenvalue weighted by Gasteiger charge is -2.19. The van der Waals surface area contributed by atoms with Crippen LogP contribution >= 0.6 is 0 Å². The maximum atomic E-state index is 4.58. The van der Waals surface area contributed by atoms with Crippen molar-refractivity contribution in [3.8, 4) is 0 Å². The van der Waals surface area contributed by atoms with Crippen molar-refractivity contribution in [1.29, 1.82) is 0 Å². The van der Waals surface area contributed by atoms with Crippen LogP contribution in [0.1, 0.15) is 31.9 Å². The van der Waals surface area contributed by atoms with E-state index < -0.39 is 0 Å². The minimum Gasteiger partial charge on any atom is -0.342 e. The Labute approximate surface area is 160 Å². The summed E-state index contributed by atoms with van der Waals surface area (Å²) >= 11 is 0. The van der Waals surface area contributed by atoms with Gasteiger partial charge in [0.05, 0.1) is 6.20 Å². The van der Waals surface area contributed by atoms with Crippen molar-refractivity contribution in [2.45, 2.75) is 32.6 Å². The minimum atomic E-state index is 0.139. The summed E-state index contributed by atoms with van der Waals surface area (Å²) in [6.45, 7) is 7.42. The van der Waals surface area contributed by atoms with Gasteiger partial charge in [0.15, 0.2) is 5.82 Å². The third-order valence-corrected chi connectivity index (χ3v) is 4.40. The van der Waals surface area contributed by atoms with Gasteiger partial charge in [-0.15, -0.1) is 5.10 Å². The van der Waals surface area contributed by atoms with Gasteiger partial charge >= 0.3 is 0 Å². The quantitative estimate of drug-likeness (QED) is 0.715. The van der Waals surface area contributed by atoms with Gasteiger partial charge in [0.2, 0.25) is 5.95 Å². The topological polar surface area (TPSA) is 66.8 Å². The van der Waals surface area contributed by atoms with Crippen molar-refractivity contribution in [3.05, 3.63) is 66.1 Å². The van der Waals surface area contributed by atoms with Crippen LogP contribution in [0.3, 0.4) is 0 Å². The molecule has 2 aromatic heterocycles. The van der Waals surface area contributed by atoms with Gasteiger partial charge in [0.1, 0.15) is 0 Å². The highest BCUT2D eigenvalue weighted by Gasteiger charge is 2.13. The number of nitrogens with zero attached hydrogens (tertiary/aromatic N) is 5. The number of hydrogen-bond donors (Lipinski definition) is 1. The van der Waals surface area contributed by atoms with Crippen LogP contribution in [-0.2, 0) is 11.8 Å². The lowest BCUT2D eigenvalue weighted by Crippen LogP contribution is -2.23. The zero-order chi connectivity index (χ0) is 19.3. The molecule has 0 amide bonds. The van der Waals surface area contributed by atoms with Crippen LogP contribution in [0.5, 0.6) is 0 Å². The monoisotopic (exact) mass is 362 g/mol. The van der Waals surface area contributed by atoms with E-state index in [9.17, 15) is 0 Å². The molecule has 0 radical (unpaired) electrons. The highest BCUT2D eigenvalue weighted by Crippen LogP contribution is 2.24. The average Bonchev–Trinajstić information content (AvgIpc) is 2.67. The van der Waals surface area contributed by atoms with Crippen molar-refractivity contribution in [2.24, 2.45) is 0 Å². The van der Waals surface area contributed by atoms with Crippen LogP contribution < -0.4 is 10.2 Å². The molecule has 0 unspecified atom stereocenters. The van der Waals surface area contributed by atoms with Gasteiger partial charge in [-0.05, 0) is 47.2 Å². The lowest BCUT2D eigenvalue weighted by atomic mass is 9.87. The molecule has 3 rings (SSSR count). The Hall–Kier alpha value is -3.02. The number of pyridine rings is 1. The molecule has 1 aromatic carbocycles. The predicted octanol–water partition coefficient (Wildman–Crippen LogP) is 3.99. The summed E-state index contributed by atoms with van der Waals surface area (Å²) in [5.74, 6) is 1.28. The molecule has 1 N–H and O–H groups in total. The molecule has 0 aliphatic heterocycles. The second-order valence-corrected chi connectivity index (χ2v) is 7.62. The Morgan fingerprint density at radius 1 is 1.00 bits per heavy atom. The SMILES string of the molecule is CN(CCc1ccncc1)c1nncc(Nc2ccc(C(C)(C)C)cc2)n1. The molecule has 140 valence electrons. The summed E-state index contributed by atoms with van der Waals surface area (Å²) in [4.78, 5) is 10.6. The Kier molecular flexibility index (Phi) is 5.64. The summed E-state index contributed by atoms with van der Waals surface area (Å²) < 4.78 is 0. The summed E-state index contributed by atoms with van der Waals surface area (Å²) in [6.07, 6.45) is 6.15. The van der Waals surface area contributed by atoms with E-state index in [0.717, 1.165) is 18.7 Å². The van der Waals surface area contributed by atoms with Gasteiger partial charge in [0, 0.05) is 31.7 Å². The van der Waals surface area contributed by atoms with E-state index in [1.54, 1.807) is 6.20 Å². The summed E-state index contributed by atoms with van der Waals surface area (Å²) in [5.41, 5.74) is 3.65. The van der Waals surface area contributed by atoms with Crippen molar-refractivity contribution in [3.63, 3.8) is 0 Å². The molecule has 6 heteroatoms. The van der Waals surface area contributed by atoms with Gasteiger partial charge in [-0.2, -0.15) is 10.1 Å². The highest BCUT2D eigenvalue weighted by atomic mass is 15.3. The third-order valence-electron chi connectivity index (χ3n) is 4.40. The molecule has 27 heavy (non-hydrogen) atoms. The number of benzene rings is 1. The lowest BCUT2D eigenvalue weighted by molar-refractivity contribution is 0.590. The Bertz CT molecular complexity index is 856. The third kappa shape index (κ3) is 5.23. The van der Waals surface area contributed by atoms with Crippen LogP contribution in [0.15, 0.2) is 55.0 Å². The molecular formula is C21H26N6. The zero-order valence-electron chi connectivity index (χ0n) is 16.3. The summed E-state index contributed by atoms with van der Waals surface area (Å²) in [6, 6.07) is 12.4. The maximum absolute atomic E-state index is 4.58. The standard InChI is InChI=1S/C21H26N6/c1-21(2,3)17-5-7-18(8-6-17)24-19-15-23-26-20(25-19)27(4)14-11-16-9-12-22-13-10-16/h5-10,12-13,15H,11,14H2,1-4H3,(H,24,25,26). The molecule has 0 saturated carbocycles. The van der Waals surface area contributed by atoms with Crippen molar-refractivity contribution < 1.29 is 0 Å². The van der Waals surface area contributed by atoms with Crippen molar-refractivity contribution in [2.75, 3.05) is 23.8 Å². The fourth-order valence-corrected chi connectivity index (χ4v) is 2.66. The second-order valence-electron chi connectivity index (χ2n) is 7.62. The molecule has 0 bridgehead atoms. The number of aromatic nitrogens is 4. The minimum absolute atomic E-state index is 0.139. The molecule has 0 spiro atoms. The molecule has 0 aliphatic carbocycles. The molecule has 0 fully saturated rings. The van der Waals surface area contributed by atoms with E-state index in [1.807, 2.05) is 36.5 Å². The van der Waals surface area contributed by atoms with Gasteiger partial charge in [-0.25, -0.2) is 0 Å². The van der Waals surface area contributed by atoms with Crippen LogP contribution in [0, 0.1) is 0 Å². The van der Waals surface area contributed by atoms with Crippen LogP contribution in [0.4, 0.5) is 17.5 Å². The van der Waals surface area contributed by atoms with E-state index >= 15 is 0 Å². The Morgan fingerprint density at radius 3 is 2.37 bits per heavy atom. The van der Waals surface area contributed by atoms with Crippen LogP contribution in [0.25, 0.3) is 0 Å². The predicted molar refractivity (Wildman–Crippen MR) is 109 cm³/mol. The van der Waals surface area contributed by atoms with E-state index in [4.69, 9.17) is 0 Å². The van der Waals surface area contributed by atoms with E-state index in [1.165, 1.54) is 11.1 Å². The molecular weight excluding hydrogens is 336 g/mol. The smallest absolute Gasteiger partial charge is 0.247 e. The second kappa shape index (κ2) is 8.12. The first kappa shape index (κ1) is 18.8. The van der Waals surface area contributed by atoms with E-state index in [-0.39, 0.29) is 5.41 Å². The summed E-state index contributed by atoms with van der Waals surface area (Å²) in [5, 5.41) is 11.5. The number of anilines is 3. The van der Waals surface area contributed by atoms with Gasteiger partial charge in [0.25, 0.3) is 0 Å². The molecule has 0 saturated heterocycles. The Morgan fingerprint density at radius 2 is 1.70 bits per heavy atom. The molecule has 0 atom stereocenters. The maximum Gasteiger partial charge on any atom is 0.247 e. The Balaban J connectivity index is 1.64. The number of hydrogen-bond acceptors (Lipinski definition) is 6. The van der Waals surface area contributed by atoms with Crippen molar-refractivity contribution >= 4 is 17.5 Å². The highest BCUT2D eigenvalue weighted by molar-refractivity contribution is 5.57. The van der Waals surface area contributed by atoms with Gasteiger partial charge < -0.3 is 10.2 Å². The number of rotatable bonds is 6. The van der Waals surface area contributed by atoms with Gasteiger partial charge in [-0.3, -0.25) is 4.98 Å².